The van der Waals surface area contributed by atoms with Crippen LogP contribution in [-0.4, -0.2) is 5.54 Å². The SMILES string of the molecule is CCC(C)(C)C1CCC(N)(Cc2cc(F)ccc2F)CC1. The second kappa shape index (κ2) is 6.04. The summed E-state index contributed by atoms with van der Waals surface area (Å²) in [6, 6.07) is 3.63. The normalized spacial score (nSPS) is 26.9. The molecule has 1 aromatic rings. The van der Waals surface area contributed by atoms with E-state index in [9.17, 15) is 8.78 Å². The third-order valence-corrected chi connectivity index (χ3v) is 5.55. The summed E-state index contributed by atoms with van der Waals surface area (Å²) in [6.07, 6.45) is 5.51. The first kappa shape index (κ1) is 16.4. The topological polar surface area (TPSA) is 26.0 Å². The minimum Gasteiger partial charge on any atom is -0.325 e. The van der Waals surface area contributed by atoms with Crippen molar-refractivity contribution in [2.24, 2.45) is 17.1 Å². The summed E-state index contributed by atoms with van der Waals surface area (Å²) in [4.78, 5) is 0. The van der Waals surface area contributed by atoms with Crippen molar-refractivity contribution < 1.29 is 8.78 Å². The van der Waals surface area contributed by atoms with Crippen molar-refractivity contribution in [3.63, 3.8) is 0 Å². The molecule has 0 heterocycles. The number of nitrogens with two attached hydrogens (primary N) is 1. The molecule has 0 aliphatic heterocycles. The monoisotopic (exact) mass is 295 g/mol. The molecule has 3 heteroatoms. The van der Waals surface area contributed by atoms with E-state index in [1.807, 2.05) is 0 Å². The Morgan fingerprint density at radius 2 is 1.86 bits per heavy atom. The van der Waals surface area contributed by atoms with E-state index in [-0.39, 0.29) is 5.82 Å². The summed E-state index contributed by atoms with van der Waals surface area (Å²) in [5.74, 6) is -0.0652. The Kier molecular flexibility index (Phi) is 4.72. The van der Waals surface area contributed by atoms with E-state index >= 15 is 0 Å². The maximum Gasteiger partial charge on any atom is 0.126 e. The van der Waals surface area contributed by atoms with Crippen molar-refractivity contribution in [2.45, 2.75) is 64.8 Å². The molecule has 2 N–H and O–H groups in total. The minimum absolute atomic E-state index is 0.339. The van der Waals surface area contributed by atoms with Crippen LogP contribution in [0.3, 0.4) is 0 Å². The Morgan fingerprint density at radius 3 is 2.43 bits per heavy atom. The second-order valence-electron chi connectivity index (χ2n) is 7.39. The van der Waals surface area contributed by atoms with E-state index in [1.54, 1.807) is 0 Å². The van der Waals surface area contributed by atoms with Crippen LogP contribution < -0.4 is 5.73 Å². The molecule has 0 amide bonds. The van der Waals surface area contributed by atoms with Gasteiger partial charge in [-0.2, -0.15) is 0 Å². The Bertz CT molecular complexity index is 488. The van der Waals surface area contributed by atoms with Crippen LogP contribution in [-0.2, 0) is 6.42 Å². The fourth-order valence-electron chi connectivity index (χ4n) is 3.50. The molecule has 118 valence electrons. The zero-order valence-corrected chi connectivity index (χ0v) is 13.4. The Morgan fingerprint density at radius 1 is 1.24 bits per heavy atom. The highest BCUT2D eigenvalue weighted by atomic mass is 19.1. The van der Waals surface area contributed by atoms with Crippen LogP contribution in [0.4, 0.5) is 8.78 Å². The number of rotatable bonds is 4. The molecule has 1 nitrogen and oxygen atoms in total. The van der Waals surface area contributed by atoms with Crippen LogP contribution in [0.1, 0.15) is 58.4 Å². The van der Waals surface area contributed by atoms with Gasteiger partial charge in [-0.25, -0.2) is 8.78 Å². The van der Waals surface area contributed by atoms with E-state index in [2.05, 4.69) is 20.8 Å². The van der Waals surface area contributed by atoms with Gasteiger partial charge in [0.2, 0.25) is 0 Å². The molecule has 1 aliphatic carbocycles. The molecular formula is C18H27F2N. The van der Waals surface area contributed by atoms with Crippen LogP contribution in [0.2, 0.25) is 0 Å². The number of hydrogen-bond acceptors (Lipinski definition) is 1. The van der Waals surface area contributed by atoms with Crippen molar-refractivity contribution in [1.82, 2.24) is 0 Å². The van der Waals surface area contributed by atoms with Gasteiger partial charge in [0, 0.05) is 5.54 Å². The van der Waals surface area contributed by atoms with Gasteiger partial charge in [-0.3, -0.25) is 0 Å². The molecule has 0 unspecified atom stereocenters. The van der Waals surface area contributed by atoms with E-state index in [1.165, 1.54) is 12.1 Å². The van der Waals surface area contributed by atoms with Crippen LogP contribution >= 0.6 is 0 Å². The highest BCUT2D eigenvalue weighted by Crippen LogP contribution is 2.43. The quantitative estimate of drug-likeness (QED) is 0.845. The third-order valence-electron chi connectivity index (χ3n) is 5.55. The highest BCUT2D eigenvalue weighted by molar-refractivity contribution is 5.21. The van der Waals surface area contributed by atoms with Crippen LogP contribution in [0, 0.1) is 23.0 Å². The fraction of sp³-hybridized carbons (Fsp3) is 0.667. The smallest absolute Gasteiger partial charge is 0.126 e. The summed E-state index contributed by atoms with van der Waals surface area (Å²) in [5, 5.41) is 0. The molecule has 2 rings (SSSR count). The van der Waals surface area contributed by atoms with Crippen molar-refractivity contribution in [1.29, 1.82) is 0 Å². The van der Waals surface area contributed by atoms with Gasteiger partial charge in [-0.05, 0) is 67.2 Å². The van der Waals surface area contributed by atoms with Gasteiger partial charge in [0.05, 0.1) is 0 Å². The fourth-order valence-corrected chi connectivity index (χ4v) is 3.50. The lowest BCUT2D eigenvalue weighted by atomic mass is 9.65. The van der Waals surface area contributed by atoms with Crippen LogP contribution in [0.15, 0.2) is 18.2 Å². The lowest BCUT2D eigenvalue weighted by molar-refractivity contribution is 0.115. The van der Waals surface area contributed by atoms with Gasteiger partial charge < -0.3 is 5.73 Å². The molecule has 1 fully saturated rings. The van der Waals surface area contributed by atoms with Crippen molar-refractivity contribution in [3.05, 3.63) is 35.4 Å². The molecule has 0 aromatic heterocycles. The molecule has 1 saturated carbocycles. The molecule has 0 radical (unpaired) electrons. The zero-order valence-electron chi connectivity index (χ0n) is 13.4. The lowest BCUT2D eigenvalue weighted by Gasteiger charge is -2.43. The van der Waals surface area contributed by atoms with Gasteiger partial charge in [-0.15, -0.1) is 0 Å². The van der Waals surface area contributed by atoms with Crippen molar-refractivity contribution in [2.75, 3.05) is 0 Å². The van der Waals surface area contributed by atoms with Crippen LogP contribution in [0.5, 0.6) is 0 Å². The Balaban J connectivity index is 2.04. The molecule has 21 heavy (non-hydrogen) atoms. The summed E-state index contributed by atoms with van der Waals surface area (Å²) >= 11 is 0. The predicted octanol–water partition coefficient (Wildman–Crippen LogP) is 4.83. The first-order valence-corrected chi connectivity index (χ1v) is 7.98. The summed E-state index contributed by atoms with van der Waals surface area (Å²) in [5.41, 5.74) is 6.82. The van der Waals surface area contributed by atoms with Gasteiger partial charge in [0.15, 0.2) is 0 Å². The molecule has 0 spiro atoms. The van der Waals surface area contributed by atoms with Crippen LogP contribution in [0.25, 0.3) is 0 Å². The maximum absolute atomic E-state index is 13.8. The van der Waals surface area contributed by atoms with Crippen molar-refractivity contribution in [3.8, 4) is 0 Å². The maximum atomic E-state index is 13.8. The van der Waals surface area contributed by atoms with Gasteiger partial charge >= 0.3 is 0 Å². The van der Waals surface area contributed by atoms with E-state index < -0.39 is 11.4 Å². The van der Waals surface area contributed by atoms with E-state index in [4.69, 9.17) is 5.73 Å². The second-order valence-corrected chi connectivity index (χ2v) is 7.39. The Hall–Kier alpha value is -0.960. The van der Waals surface area contributed by atoms with Crippen molar-refractivity contribution >= 4 is 0 Å². The summed E-state index contributed by atoms with van der Waals surface area (Å²) in [7, 11) is 0. The molecule has 0 atom stereocenters. The minimum atomic E-state index is -0.394. The zero-order chi connectivity index (χ0) is 15.7. The van der Waals surface area contributed by atoms with Gasteiger partial charge in [-0.1, -0.05) is 27.2 Å². The largest absolute Gasteiger partial charge is 0.325 e. The third kappa shape index (κ3) is 3.82. The van der Waals surface area contributed by atoms with Gasteiger partial charge in [0.1, 0.15) is 11.6 Å². The number of halogens is 2. The number of hydrogen-bond donors (Lipinski definition) is 1. The highest BCUT2D eigenvalue weighted by Gasteiger charge is 2.37. The van der Waals surface area contributed by atoms with E-state index in [0.29, 0.717) is 23.3 Å². The summed E-state index contributed by atoms with van der Waals surface area (Å²) < 4.78 is 27.1. The molecule has 0 bridgehead atoms. The molecule has 1 aliphatic rings. The lowest BCUT2D eigenvalue weighted by Crippen LogP contribution is -2.47. The summed E-state index contributed by atoms with van der Waals surface area (Å²) in [6.45, 7) is 6.85. The van der Waals surface area contributed by atoms with Gasteiger partial charge in [0.25, 0.3) is 0 Å². The Labute approximate surface area is 126 Å². The standard InChI is InChI=1S/C18H27F2N/c1-4-17(2,3)14-7-9-18(21,10-8-14)12-13-11-15(19)5-6-16(13)20/h5-6,11,14H,4,7-10,12,21H2,1-3H3. The average molecular weight is 295 g/mol. The predicted molar refractivity (Wildman–Crippen MR) is 83.0 cm³/mol. The molecular weight excluding hydrogens is 268 g/mol. The average Bonchev–Trinajstić information content (AvgIpc) is 2.43. The molecule has 1 aromatic carbocycles. The first-order valence-electron chi connectivity index (χ1n) is 7.98. The first-order chi connectivity index (χ1) is 9.76. The number of benzene rings is 1. The molecule has 0 saturated heterocycles. The van der Waals surface area contributed by atoms with E-state index in [0.717, 1.165) is 38.2 Å².